The van der Waals surface area contributed by atoms with Gasteiger partial charge in [0.15, 0.2) is 5.84 Å². The molecule has 108 valence electrons. The summed E-state index contributed by atoms with van der Waals surface area (Å²) in [5.74, 6) is -1.18. The van der Waals surface area contributed by atoms with Crippen LogP contribution >= 0.6 is 0 Å². The molecule has 0 unspecified atom stereocenters. The molecule has 0 saturated heterocycles. The van der Waals surface area contributed by atoms with Gasteiger partial charge in [-0.1, -0.05) is 11.2 Å². The number of anilines is 1. The molecule has 1 amide bonds. The number of hydrogen-bond acceptors (Lipinski definition) is 4. The number of aromatic nitrogens is 1. The number of amides is 1. The summed E-state index contributed by atoms with van der Waals surface area (Å²) >= 11 is 0. The highest BCUT2D eigenvalue weighted by Gasteiger charge is 2.11. The lowest BCUT2D eigenvalue weighted by atomic mass is 10.2. The standard InChI is InChI=1S/C14H13FN4O2/c1-8-2-4-11(10(15)6-8)18-14(20)12-5-3-9(7-17-12)13(16)19-21/h2-7,21H,1H3,(H2,16,19)(H,18,20). The Labute approximate surface area is 120 Å². The summed E-state index contributed by atoms with van der Waals surface area (Å²) in [5, 5.41) is 13.8. The van der Waals surface area contributed by atoms with Crippen molar-refractivity contribution in [1.82, 2.24) is 4.98 Å². The fraction of sp³-hybridized carbons (Fsp3) is 0.0714. The number of carbonyl (C=O) groups excluding carboxylic acids is 1. The van der Waals surface area contributed by atoms with Crippen LogP contribution in [0.25, 0.3) is 0 Å². The smallest absolute Gasteiger partial charge is 0.274 e. The SMILES string of the molecule is Cc1ccc(NC(=O)c2ccc(C(N)=NO)cn2)c(F)c1. The van der Waals surface area contributed by atoms with Crippen LogP contribution in [0.2, 0.25) is 0 Å². The maximum atomic E-state index is 13.6. The Morgan fingerprint density at radius 3 is 2.71 bits per heavy atom. The second kappa shape index (κ2) is 6.00. The third-order valence-corrected chi connectivity index (χ3v) is 2.77. The van der Waals surface area contributed by atoms with E-state index in [9.17, 15) is 9.18 Å². The number of nitrogens with two attached hydrogens (primary N) is 1. The fourth-order valence-electron chi connectivity index (χ4n) is 1.65. The van der Waals surface area contributed by atoms with E-state index in [2.05, 4.69) is 15.5 Å². The molecule has 0 aliphatic rings. The first-order valence-corrected chi connectivity index (χ1v) is 6.02. The Bertz CT molecular complexity index is 699. The van der Waals surface area contributed by atoms with Crippen LogP contribution in [-0.4, -0.2) is 21.9 Å². The van der Waals surface area contributed by atoms with Crippen molar-refractivity contribution in [3.63, 3.8) is 0 Å². The zero-order valence-electron chi connectivity index (χ0n) is 11.2. The Kier molecular flexibility index (Phi) is 4.13. The van der Waals surface area contributed by atoms with Crippen LogP contribution in [0.15, 0.2) is 41.7 Å². The Balaban J connectivity index is 2.17. The van der Waals surface area contributed by atoms with E-state index in [-0.39, 0.29) is 17.2 Å². The van der Waals surface area contributed by atoms with Gasteiger partial charge in [0, 0.05) is 11.8 Å². The van der Waals surface area contributed by atoms with Gasteiger partial charge in [-0.15, -0.1) is 0 Å². The summed E-state index contributed by atoms with van der Waals surface area (Å²) in [7, 11) is 0. The van der Waals surface area contributed by atoms with Crippen LogP contribution in [0.1, 0.15) is 21.6 Å². The van der Waals surface area contributed by atoms with E-state index < -0.39 is 11.7 Å². The van der Waals surface area contributed by atoms with Crippen molar-refractivity contribution in [3.8, 4) is 0 Å². The van der Waals surface area contributed by atoms with Gasteiger partial charge in [-0.05, 0) is 36.8 Å². The number of carbonyl (C=O) groups is 1. The van der Waals surface area contributed by atoms with Gasteiger partial charge >= 0.3 is 0 Å². The maximum absolute atomic E-state index is 13.6. The molecule has 2 rings (SSSR count). The van der Waals surface area contributed by atoms with Gasteiger partial charge in [-0.3, -0.25) is 9.78 Å². The van der Waals surface area contributed by atoms with Crippen molar-refractivity contribution >= 4 is 17.4 Å². The summed E-state index contributed by atoms with van der Waals surface area (Å²) in [5.41, 5.74) is 6.68. The summed E-state index contributed by atoms with van der Waals surface area (Å²) in [6.07, 6.45) is 1.29. The summed E-state index contributed by atoms with van der Waals surface area (Å²) in [4.78, 5) is 15.8. The van der Waals surface area contributed by atoms with Crippen LogP contribution in [0.5, 0.6) is 0 Å². The molecule has 0 saturated carbocycles. The highest BCUT2D eigenvalue weighted by molar-refractivity contribution is 6.03. The zero-order chi connectivity index (χ0) is 15.4. The molecule has 0 bridgehead atoms. The van der Waals surface area contributed by atoms with Crippen LogP contribution in [0.3, 0.4) is 0 Å². The van der Waals surface area contributed by atoms with Gasteiger partial charge in [0.05, 0.1) is 5.69 Å². The minimum absolute atomic E-state index is 0.0768. The number of oxime groups is 1. The molecule has 2 aromatic rings. The van der Waals surface area contributed by atoms with Crippen molar-refractivity contribution in [3.05, 3.63) is 59.2 Å². The van der Waals surface area contributed by atoms with E-state index >= 15 is 0 Å². The minimum atomic E-state index is -0.552. The molecule has 0 aliphatic heterocycles. The zero-order valence-corrected chi connectivity index (χ0v) is 11.2. The lowest BCUT2D eigenvalue weighted by Gasteiger charge is -2.07. The third-order valence-electron chi connectivity index (χ3n) is 2.77. The first kappa shape index (κ1) is 14.4. The van der Waals surface area contributed by atoms with Crippen LogP contribution in [-0.2, 0) is 0 Å². The number of halogens is 1. The van der Waals surface area contributed by atoms with Gasteiger partial charge < -0.3 is 16.3 Å². The molecular weight excluding hydrogens is 275 g/mol. The topological polar surface area (TPSA) is 101 Å². The third kappa shape index (κ3) is 3.33. The largest absolute Gasteiger partial charge is 0.409 e. The van der Waals surface area contributed by atoms with E-state index in [1.54, 1.807) is 13.0 Å². The predicted molar refractivity (Wildman–Crippen MR) is 75.8 cm³/mol. The van der Waals surface area contributed by atoms with Gasteiger partial charge in [0.1, 0.15) is 11.5 Å². The number of nitrogens with zero attached hydrogens (tertiary/aromatic N) is 2. The molecule has 0 spiro atoms. The Morgan fingerprint density at radius 1 is 1.38 bits per heavy atom. The van der Waals surface area contributed by atoms with E-state index in [0.717, 1.165) is 5.56 Å². The lowest BCUT2D eigenvalue weighted by molar-refractivity contribution is 0.102. The number of rotatable bonds is 3. The molecule has 0 aliphatic carbocycles. The number of amidine groups is 1. The average molecular weight is 288 g/mol. The molecule has 21 heavy (non-hydrogen) atoms. The molecule has 1 aromatic carbocycles. The van der Waals surface area contributed by atoms with Gasteiger partial charge in [0.25, 0.3) is 5.91 Å². The second-order valence-corrected chi connectivity index (χ2v) is 4.35. The number of pyridine rings is 1. The molecule has 0 fully saturated rings. The Hall–Kier alpha value is -2.96. The van der Waals surface area contributed by atoms with E-state index in [4.69, 9.17) is 10.9 Å². The summed E-state index contributed by atoms with van der Waals surface area (Å²) < 4.78 is 13.6. The van der Waals surface area contributed by atoms with Crippen molar-refractivity contribution < 1.29 is 14.4 Å². The van der Waals surface area contributed by atoms with E-state index in [1.807, 2.05) is 0 Å². The van der Waals surface area contributed by atoms with Gasteiger partial charge in [0.2, 0.25) is 0 Å². The van der Waals surface area contributed by atoms with E-state index in [1.165, 1.54) is 30.5 Å². The molecular formula is C14H13FN4O2. The highest BCUT2D eigenvalue weighted by atomic mass is 19.1. The number of hydrogen-bond donors (Lipinski definition) is 3. The minimum Gasteiger partial charge on any atom is -0.409 e. The van der Waals surface area contributed by atoms with Crippen molar-refractivity contribution in [2.45, 2.75) is 6.92 Å². The molecule has 7 heteroatoms. The van der Waals surface area contributed by atoms with Crippen molar-refractivity contribution in [2.75, 3.05) is 5.32 Å². The van der Waals surface area contributed by atoms with E-state index in [0.29, 0.717) is 5.56 Å². The molecule has 0 radical (unpaired) electrons. The van der Waals surface area contributed by atoms with Crippen LogP contribution in [0, 0.1) is 12.7 Å². The maximum Gasteiger partial charge on any atom is 0.274 e. The van der Waals surface area contributed by atoms with Crippen molar-refractivity contribution in [1.29, 1.82) is 0 Å². The monoisotopic (exact) mass is 288 g/mol. The molecule has 0 atom stereocenters. The molecule has 1 aromatic heterocycles. The Morgan fingerprint density at radius 2 is 2.14 bits per heavy atom. The van der Waals surface area contributed by atoms with Gasteiger partial charge in [-0.25, -0.2) is 4.39 Å². The number of nitrogens with one attached hydrogen (secondary N) is 1. The molecule has 6 nitrogen and oxygen atoms in total. The van der Waals surface area contributed by atoms with Crippen LogP contribution in [0.4, 0.5) is 10.1 Å². The highest BCUT2D eigenvalue weighted by Crippen LogP contribution is 2.16. The first-order chi connectivity index (χ1) is 10.0. The fourth-order valence-corrected chi connectivity index (χ4v) is 1.65. The number of benzene rings is 1. The lowest BCUT2D eigenvalue weighted by Crippen LogP contribution is -2.17. The molecule has 1 heterocycles. The normalized spacial score (nSPS) is 11.2. The van der Waals surface area contributed by atoms with Crippen LogP contribution < -0.4 is 11.1 Å². The second-order valence-electron chi connectivity index (χ2n) is 4.35. The molecule has 4 N–H and O–H groups in total. The first-order valence-electron chi connectivity index (χ1n) is 6.02. The summed E-state index contributed by atoms with van der Waals surface area (Å²) in [6.45, 7) is 1.75. The van der Waals surface area contributed by atoms with Gasteiger partial charge in [-0.2, -0.15) is 0 Å². The average Bonchev–Trinajstić information content (AvgIpc) is 2.49. The van der Waals surface area contributed by atoms with Crippen molar-refractivity contribution in [2.24, 2.45) is 10.9 Å². The number of aryl methyl sites for hydroxylation is 1. The quantitative estimate of drug-likeness (QED) is 0.347. The predicted octanol–water partition coefficient (Wildman–Crippen LogP) is 1.88. The summed E-state index contributed by atoms with van der Waals surface area (Å²) in [6, 6.07) is 7.36.